The number of rotatable bonds is 11. The van der Waals surface area contributed by atoms with Crippen molar-refractivity contribution < 1.29 is 9.53 Å². The Kier molecular flexibility index (Phi) is 12.1. The van der Waals surface area contributed by atoms with Crippen molar-refractivity contribution in [3.63, 3.8) is 0 Å². The Balaban J connectivity index is 3.74. The van der Waals surface area contributed by atoms with Crippen LogP contribution in [0.1, 0.15) is 65.2 Å². The van der Waals surface area contributed by atoms with Crippen LogP contribution in [-0.2, 0) is 9.53 Å². The van der Waals surface area contributed by atoms with Crippen LogP contribution in [0.25, 0.3) is 0 Å². The molecule has 17 heavy (non-hydrogen) atoms. The van der Waals surface area contributed by atoms with Crippen molar-refractivity contribution in [2.45, 2.75) is 65.2 Å². The Morgan fingerprint density at radius 1 is 1.06 bits per heavy atom. The molecule has 1 atom stereocenters. The van der Waals surface area contributed by atoms with Crippen molar-refractivity contribution in [1.29, 1.82) is 0 Å². The molecule has 0 aromatic carbocycles. The normalized spacial score (nSPS) is 12.4. The number of hydrogen-bond donors (Lipinski definition) is 0. The Morgan fingerprint density at radius 2 is 1.71 bits per heavy atom. The first-order valence-corrected chi connectivity index (χ1v) is 7.49. The molecule has 0 amide bonds. The van der Waals surface area contributed by atoms with Crippen molar-refractivity contribution in [3.8, 4) is 0 Å². The van der Waals surface area contributed by atoms with Crippen LogP contribution in [0.3, 0.4) is 0 Å². The van der Waals surface area contributed by atoms with E-state index in [0.29, 0.717) is 12.5 Å². The SMILES string of the molecule is CCCCCCC(CCCC)COC(=O)CCl. The van der Waals surface area contributed by atoms with E-state index in [1.807, 2.05) is 0 Å². The summed E-state index contributed by atoms with van der Waals surface area (Å²) < 4.78 is 5.14. The smallest absolute Gasteiger partial charge is 0.320 e. The zero-order chi connectivity index (χ0) is 12.9. The van der Waals surface area contributed by atoms with E-state index >= 15 is 0 Å². The third kappa shape index (κ3) is 10.6. The van der Waals surface area contributed by atoms with E-state index in [9.17, 15) is 4.79 Å². The molecule has 0 heterocycles. The average molecular weight is 263 g/mol. The molecule has 0 aliphatic rings. The number of carbonyl (C=O) groups excluding carboxylic acids is 1. The van der Waals surface area contributed by atoms with Crippen molar-refractivity contribution in [2.75, 3.05) is 12.5 Å². The van der Waals surface area contributed by atoms with E-state index in [1.54, 1.807) is 0 Å². The Hall–Kier alpha value is -0.240. The number of carbonyl (C=O) groups is 1. The fourth-order valence-corrected chi connectivity index (χ4v) is 1.99. The van der Waals surface area contributed by atoms with Crippen molar-refractivity contribution in [3.05, 3.63) is 0 Å². The summed E-state index contributed by atoms with van der Waals surface area (Å²) >= 11 is 5.41. The lowest BCUT2D eigenvalue weighted by Gasteiger charge is -2.16. The zero-order valence-corrected chi connectivity index (χ0v) is 12.1. The highest BCUT2D eigenvalue weighted by atomic mass is 35.5. The van der Waals surface area contributed by atoms with Gasteiger partial charge in [0, 0.05) is 0 Å². The first-order valence-electron chi connectivity index (χ1n) is 6.96. The van der Waals surface area contributed by atoms with E-state index < -0.39 is 0 Å². The third-order valence-corrected chi connectivity index (χ3v) is 3.24. The van der Waals surface area contributed by atoms with Crippen LogP contribution in [-0.4, -0.2) is 18.5 Å². The zero-order valence-electron chi connectivity index (χ0n) is 11.3. The summed E-state index contributed by atoms with van der Waals surface area (Å²) in [6.07, 6.45) is 9.88. The van der Waals surface area contributed by atoms with E-state index in [-0.39, 0.29) is 11.8 Å². The molecule has 1 unspecified atom stereocenters. The number of unbranched alkanes of at least 4 members (excludes halogenated alkanes) is 4. The summed E-state index contributed by atoms with van der Waals surface area (Å²) in [7, 11) is 0. The molecule has 0 aliphatic carbocycles. The topological polar surface area (TPSA) is 26.3 Å². The standard InChI is InChI=1S/C14H27ClO2/c1-3-5-7-8-10-13(9-6-4-2)12-17-14(16)11-15/h13H,3-12H2,1-2H3. The number of ether oxygens (including phenoxy) is 1. The fourth-order valence-electron chi connectivity index (χ4n) is 1.91. The molecule has 0 saturated carbocycles. The molecule has 0 fully saturated rings. The lowest BCUT2D eigenvalue weighted by atomic mass is 9.96. The lowest BCUT2D eigenvalue weighted by molar-refractivity contribution is -0.142. The molecule has 3 heteroatoms. The second-order valence-electron chi connectivity index (χ2n) is 4.67. The molecule has 2 nitrogen and oxygen atoms in total. The second-order valence-corrected chi connectivity index (χ2v) is 4.94. The van der Waals surface area contributed by atoms with Crippen molar-refractivity contribution in [2.24, 2.45) is 5.92 Å². The minimum Gasteiger partial charge on any atom is -0.465 e. The second kappa shape index (κ2) is 12.2. The van der Waals surface area contributed by atoms with Gasteiger partial charge in [-0.15, -0.1) is 11.6 Å². The van der Waals surface area contributed by atoms with Gasteiger partial charge in [0.1, 0.15) is 5.88 Å². The van der Waals surface area contributed by atoms with E-state index in [1.165, 1.54) is 44.9 Å². The van der Waals surface area contributed by atoms with Gasteiger partial charge >= 0.3 is 5.97 Å². The molecule has 0 spiro atoms. The molecular weight excluding hydrogens is 236 g/mol. The fraction of sp³-hybridized carbons (Fsp3) is 0.929. The van der Waals surface area contributed by atoms with Gasteiger partial charge in [0.05, 0.1) is 6.61 Å². The highest BCUT2D eigenvalue weighted by Gasteiger charge is 2.11. The molecule has 0 aliphatic heterocycles. The first kappa shape index (κ1) is 16.8. The highest BCUT2D eigenvalue weighted by Crippen LogP contribution is 2.17. The predicted molar refractivity (Wildman–Crippen MR) is 73.5 cm³/mol. The van der Waals surface area contributed by atoms with Crippen LogP contribution < -0.4 is 0 Å². The summed E-state index contributed by atoms with van der Waals surface area (Å²) in [4.78, 5) is 11.0. The summed E-state index contributed by atoms with van der Waals surface area (Å²) in [6, 6.07) is 0. The van der Waals surface area contributed by atoms with Crippen LogP contribution in [0.5, 0.6) is 0 Å². The number of halogens is 1. The molecule has 102 valence electrons. The molecule has 0 aromatic rings. The Labute approximate surface area is 111 Å². The Bertz CT molecular complexity index is 183. The predicted octanol–water partition coefficient (Wildman–Crippen LogP) is 4.55. The summed E-state index contributed by atoms with van der Waals surface area (Å²) in [6.45, 7) is 4.97. The molecule has 0 rings (SSSR count). The summed E-state index contributed by atoms with van der Waals surface area (Å²) in [5, 5.41) is 0. The molecule has 0 aromatic heterocycles. The molecule has 0 radical (unpaired) electrons. The van der Waals surface area contributed by atoms with E-state index in [0.717, 1.165) is 6.42 Å². The summed E-state index contributed by atoms with van der Waals surface area (Å²) in [5.74, 6) is 0.205. The van der Waals surface area contributed by atoms with Gasteiger partial charge in [-0.3, -0.25) is 4.79 Å². The van der Waals surface area contributed by atoms with Gasteiger partial charge in [0.25, 0.3) is 0 Å². The van der Waals surface area contributed by atoms with Crippen LogP contribution in [0.4, 0.5) is 0 Å². The van der Waals surface area contributed by atoms with Crippen LogP contribution >= 0.6 is 11.6 Å². The quantitative estimate of drug-likeness (QED) is 0.310. The summed E-state index contributed by atoms with van der Waals surface area (Å²) in [5.41, 5.74) is 0. The van der Waals surface area contributed by atoms with Gasteiger partial charge in [-0.2, -0.15) is 0 Å². The monoisotopic (exact) mass is 262 g/mol. The van der Waals surface area contributed by atoms with Crippen molar-refractivity contribution >= 4 is 17.6 Å². The lowest BCUT2D eigenvalue weighted by Crippen LogP contribution is -2.15. The Morgan fingerprint density at radius 3 is 2.29 bits per heavy atom. The van der Waals surface area contributed by atoms with Gasteiger partial charge in [-0.05, 0) is 18.8 Å². The van der Waals surface area contributed by atoms with Crippen molar-refractivity contribution in [1.82, 2.24) is 0 Å². The van der Waals surface area contributed by atoms with E-state index in [4.69, 9.17) is 16.3 Å². The molecule has 0 N–H and O–H groups in total. The molecular formula is C14H27ClO2. The minimum absolute atomic E-state index is 0.0314. The third-order valence-electron chi connectivity index (χ3n) is 3.02. The molecule has 0 saturated heterocycles. The largest absolute Gasteiger partial charge is 0.465 e. The number of hydrogen-bond acceptors (Lipinski definition) is 2. The van der Waals surface area contributed by atoms with Crippen LogP contribution in [0.15, 0.2) is 0 Å². The maximum atomic E-state index is 11.0. The first-order chi connectivity index (χ1) is 8.24. The highest BCUT2D eigenvalue weighted by molar-refractivity contribution is 6.26. The van der Waals surface area contributed by atoms with Gasteiger partial charge in [-0.1, -0.05) is 52.4 Å². The number of alkyl halides is 1. The maximum Gasteiger partial charge on any atom is 0.320 e. The average Bonchev–Trinajstić information content (AvgIpc) is 2.36. The van der Waals surface area contributed by atoms with Gasteiger partial charge in [0.2, 0.25) is 0 Å². The van der Waals surface area contributed by atoms with Gasteiger partial charge < -0.3 is 4.74 Å². The van der Waals surface area contributed by atoms with Crippen LogP contribution in [0, 0.1) is 5.92 Å². The van der Waals surface area contributed by atoms with E-state index in [2.05, 4.69) is 13.8 Å². The van der Waals surface area contributed by atoms with Gasteiger partial charge in [-0.25, -0.2) is 0 Å². The molecule has 0 bridgehead atoms. The number of esters is 1. The maximum absolute atomic E-state index is 11.0. The minimum atomic E-state index is -0.290. The van der Waals surface area contributed by atoms with Crippen LogP contribution in [0.2, 0.25) is 0 Å². The van der Waals surface area contributed by atoms with Gasteiger partial charge in [0.15, 0.2) is 0 Å².